The molecule has 46 heavy (non-hydrogen) atoms. The summed E-state index contributed by atoms with van der Waals surface area (Å²) < 4.78 is 13.8. The molecule has 1 aliphatic rings. The summed E-state index contributed by atoms with van der Waals surface area (Å²) in [7, 11) is 2.19. The van der Waals surface area contributed by atoms with Gasteiger partial charge in [0.15, 0.2) is 6.29 Å². The van der Waals surface area contributed by atoms with E-state index in [2.05, 4.69) is 115 Å². The molecular formula is C41H40N2O3. The van der Waals surface area contributed by atoms with Gasteiger partial charge in [-0.1, -0.05) is 127 Å². The van der Waals surface area contributed by atoms with E-state index in [4.69, 9.17) is 15.2 Å². The van der Waals surface area contributed by atoms with Crippen molar-refractivity contribution in [3.63, 3.8) is 0 Å². The summed E-state index contributed by atoms with van der Waals surface area (Å²) in [4.78, 5) is 2.39. The van der Waals surface area contributed by atoms with E-state index >= 15 is 0 Å². The largest absolute Gasteiger partial charge is 0.392 e. The van der Waals surface area contributed by atoms with Crippen LogP contribution in [0.3, 0.4) is 0 Å². The molecule has 5 nitrogen and oxygen atoms in total. The lowest BCUT2D eigenvalue weighted by Gasteiger charge is -2.44. The third kappa shape index (κ3) is 6.21. The number of likely N-dealkylation sites (N-methyl/N-ethyl adjacent to an activating group) is 1. The zero-order valence-corrected chi connectivity index (χ0v) is 26.1. The van der Waals surface area contributed by atoms with Gasteiger partial charge >= 0.3 is 0 Å². The SMILES string of the molecule is CN(Cc1c2ccccc2cc2ccccc12)C[C@H]1OC(c2ccc(CN)cc2)O[C@@H](c2ccc(CO)cc2)[C@@H]1c1ccccc1. The summed E-state index contributed by atoms with van der Waals surface area (Å²) in [5.41, 5.74) is 12.4. The van der Waals surface area contributed by atoms with Gasteiger partial charge in [0.2, 0.25) is 0 Å². The average Bonchev–Trinajstić information content (AvgIpc) is 3.11. The third-order valence-corrected chi connectivity index (χ3v) is 9.26. The van der Waals surface area contributed by atoms with Crippen LogP contribution in [0.1, 0.15) is 51.7 Å². The smallest absolute Gasteiger partial charge is 0.184 e. The minimum atomic E-state index is -0.550. The number of rotatable bonds is 9. The number of aliphatic hydroxyl groups is 1. The number of nitrogens with zero attached hydrogens (tertiary/aromatic N) is 1. The molecule has 6 aromatic rings. The fraction of sp³-hybridized carbons (Fsp3) is 0.220. The molecule has 1 aliphatic heterocycles. The molecule has 0 spiro atoms. The van der Waals surface area contributed by atoms with Crippen molar-refractivity contribution in [2.45, 2.75) is 44.1 Å². The molecule has 0 radical (unpaired) electrons. The Kier molecular flexibility index (Phi) is 8.93. The van der Waals surface area contributed by atoms with Gasteiger partial charge in [-0.2, -0.15) is 0 Å². The van der Waals surface area contributed by atoms with Crippen LogP contribution in [0, 0.1) is 0 Å². The Morgan fingerprint density at radius 1 is 0.652 bits per heavy atom. The molecule has 1 unspecified atom stereocenters. The first-order chi connectivity index (χ1) is 22.6. The van der Waals surface area contributed by atoms with Crippen molar-refractivity contribution in [2.75, 3.05) is 13.6 Å². The molecule has 1 saturated heterocycles. The van der Waals surface area contributed by atoms with Crippen molar-refractivity contribution in [3.05, 3.63) is 167 Å². The van der Waals surface area contributed by atoms with Gasteiger partial charge in [0.1, 0.15) is 0 Å². The monoisotopic (exact) mass is 608 g/mol. The van der Waals surface area contributed by atoms with E-state index in [0.29, 0.717) is 13.1 Å². The molecule has 1 fully saturated rings. The zero-order chi connectivity index (χ0) is 31.5. The molecule has 0 aromatic heterocycles. The van der Waals surface area contributed by atoms with E-state index in [-0.39, 0.29) is 24.7 Å². The summed E-state index contributed by atoms with van der Waals surface area (Å²) >= 11 is 0. The van der Waals surface area contributed by atoms with E-state index in [0.717, 1.165) is 28.8 Å². The molecule has 5 heteroatoms. The highest BCUT2D eigenvalue weighted by Crippen LogP contribution is 2.47. The number of aliphatic hydroxyl groups excluding tert-OH is 1. The number of hydrogen-bond donors (Lipinski definition) is 2. The third-order valence-electron chi connectivity index (χ3n) is 9.26. The van der Waals surface area contributed by atoms with Gasteiger partial charge in [-0.05, 0) is 62.5 Å². The molecule has 0 aliphatic carbocycles. The van der Waals surface area contributed by atoms with Crippen molar-refractivity contribution in [3.8, 4) is 0 Å². The highest BCUT2D eigenvalue weighted by Gasteiger charge is 2.42. The molecule has 0 bridgehead atoms. The number of hydrogen-bond acceptors (Lipinski definition) is 5. The summed E-state index contributed by atoms with van der Waals surface area (Å²) in [6.45, 7) is 1.96. The van der Waals surface area contributed by atoms with E-state index < -0.39 is 6.29 Å². The average molecular weight is 609 g/mol. The second-order valence-corrected chi connectivity index (χ2v) is 12.3. The maximum absolute atomic E-state index is 9.73. The van der Waals surface area contributed by atoms with Crippen LogP contribution in [0.5, 0.6) is 0 Å². The van der Waals surface area contributed by atoms with Gasteiger partial charge in [-0.25, -0.2) is 0 Å². The first kappa shape index (κ1) is 30.3. The normalized spacial score (nSPS) is 20.0. The van der Waals surface area contributed by atoms with Crippen LogP contribution in [0.4, 0.5) is 0 Å². The van der Waals surface area contributed by atoms with Crippen LogP contribution in [0.15, 0.2) is 133 Å². The number of ether oxygens (including phenoxy) is 2. The van der Waals surface area contributed by atoms with Crippen molar-refractivity contribution < 1.29 is 14.6 Å². The molecule has 0 saturated carbocycles. The fourth-order valence-electron chi connectivity index (χ4n) is 6.90. The molecule has 4 atom stereocenters. The lowest BCUT2D eigenvalue weighted by Crippen LogP contribution is -2.43. The maximum Gasteiger partial charge on any atom is 0.184 e. The van der Waals surface area contributed by atoms with E-state index in [1.807, 2.05) is 30.3 Å². The predicted octanol–water partition coefficient (Wildman–Crippen LogP) is 8.02. The number of nitrogens with two attached hydrogens (primary N) is 1. The Morgan fingerprint density at radius 2 is 1.24 bits per heavy atom. The molecule has 232 valence electrons. The van der Waals surface area contributed by atoms with Crippen molar-refractivity contribution in [1.82, 2.24) is 4.90 Å². The van der Waals surface area contributed by atoms with Gasteiger partial charge in [-0.15, -0.1) is 0 Å². The first-order valence-corrected chi connectivity index (χ1v) is 16.0. The van der Waals surface area contributed by atoms with Crippen LogP contribution < -0.4 is 5.73 Å². The minimum Gasteiger partial charge on any atom is -0.392 e. The van der Waals surface area contributed by atoms with E-state index in [1.165, 1.54) is 32.7 Å². The summed E-state index contributed by atoms with van der Waals surface area (Å²) in [5, 5.41) is 14.8. The number of fused-ring (bicyclic) bond motifs is 2. The topological polar surface area (TPSA) is 68.0 Å². The predicted molar refractivity (Wildman–Crippen MR) is 185 cm³/mol. The van der Waals surface area contributed by atoms with Gasteiger partial charge in [-0.3, -0.25) is 4.90 Å². The van der Waals surface area contributed by atoms with E-state index in [1.54, 1.807) is 0 Å². The molecule has 0 amide bonds. The highest BCUT2D eigenvalue weighted by atomic mass is 16.7. The quantitative estimate of drug-likeness (QED) is 0.163. The molecule has 6 aromatic carbocycles. The Morgan fingerprint density at radius 3 is 1.87 bits per heavy atom. The fourth-order valence-corrected chi connectivity index (χ4v) is 6.90. The van der Waals surface area contributed by atoms with E-state index in [9.17, 15) is 5.11 Å². The van der Waals surface area contributed by atoms with Crippen molar-refractivity contribution in [2.24, 2.45) is 5.73 Å². The van der Waals surface area contributed by atoms with Crippen LogP contribution in [0.2, 0.25) is 0 Å². The summed E-state index contributed by atoms with van der Waals surface area (Å²) in [5.74, 6) is -0.0625. The Balaban J connectivity index is 1.28. The molecule has 1 heterocycles. The van der Waals surface area contributed by atoms with Crippen LogP contribution in [0.25, 0.3) is 21.5 Å². The minimum absolute atomic E-state index is 0.00339. The van der Waals surface area contributed by atoms with Gasteiger partial charge < -0.3 is 20.3 Å². The van der Waals surface area contributed by atoms with Crippen LogP contribution in [-0.2, 0) is 29.2 Å². The summed E-state index contributed by atoms with van der Waals surface area (Å²) in [6, 6.07) is 46.5. The van der Waals surface area contributed by atoms with Crippen molar-refractivity contribution >= 4 is 21.5 Å². The zero-order valence-electron chi connectivity index (χ0n) is 26.1. The number of benzene rings is 6. The summed E-state index contributed by atoms with van der Waals surface area (Å²) in [6.07, 6.45) is -0.991. The van der Waals surface area contributed by atoms with Gasteiger partial charge in [0.25, 0.3) is 0 Å². The molecule has 3 N–H and O–H groups in total. The first-order valence-electron chi connectivity index (χ1n) is 16.0. The lowest BCUT2D eigenvalue weighted by atomic mass is 9.83. The standard InChI is InChI=1S/C41H40N2O3/c1-43(25-37-35-13-7-5-11-33(35)23-34-12-6-8-14-36(34)37)26-38-39(30-9-3-2-4-10-30)40(31-19-17-29(27-44)18-20-31)46-41(45-38)32-21-15-28(24-42)16-22-32/h2-23,38-41,44H,24-27,42H2,1H3/t38-,39-,40+,41?/m1/s1. The second-order valence-electron chi connectivity index (χ2n) is 12.3. The van der Waals surface area contributed by atoms with Gasteiger partial charge in [0.05, 0.1) is 18.8 Å². The maximum atomic E-state index is 9.73. The molecule has 7 rings (SSSR count). The van der Waals surface area contributed by atoms with Crippen LogP contribution in [-0.4, -0.2) is 29.7 Å². The van der Waals surface area contributed by atoms with Crippen LogP contribution >= 0.6 is 0 Å². The van der Waals surface area contributed by atoms with Gasteiger partial charge in [0, 0.05) is 31.1 Å². The highest BCUT2D eigenvalue weighted by molar-refractivity contribution is 6.02. The van der Waals surface area contributed by atoms with Crippen molar-refractivity contribution in [1.29, 1.82) is 0 Å². The molecular weight excluding hydrogens is 568 g/mol. The lowest BCUT2D eigenvalue weighted by molar-refractivity contribution is -0.263. The Labute approximate surface area is 270 Å². The Bertz CT molecular complexity index is 1850. The Hall–Kier alpha value is -4.36. The second kappa shape index (κ2) is 13.6.